The maximum absolute atomic E-state index is 12.3. The van der Waals surface area contributed by atoms with Gasteiger partial charge in [0.05, 0.1) is 30.8 Å². The standard InChI is InChI=1S/C17H34NO7P/c1-16(2,3)25-26(20,21-6)24-14-13-23-15(19)17(4,5)7-8-18-9-11-22-12-10-18/h7-14H2,1-6H3. The molecular formula is C17H34NO7P. The Bertz CT molecular complexity index is 484. The van der Waals surface area contributed by atoms with Gasteiger partial charge in [0.25, 0.3) is 0 Å². The molecule has 1 fully saturated rings. The topological polar surface area (TPSA) is 83.5 Å². The molecule has 8 nitrogen and oxygen atoms in total. The number of phosphoric ester groups is 1. The molecule has 0 N–H and O–H groups in total. The summed E-state index contributed by atoms with van der Waals surface area (Å²) in [4.78, 5) is 14.6. The van der Waals surface area contributed by atoms with Gasteiger partial charge in [0.2, 0.25) is 0 Å². The lowest BCUT2D eigenvalue weighted by molar-refractivity contribution is -0.155. The largest absolute Gasteiger partial charge is 0.475 e. The van der Waals surface area contributed by atoms with Gasteiger partial charge in [-0.15, -0.1) is 0 Å². The van der Waals surface area contributed by atoms with Crippen LogP contribution in [0.4, 0.5) is 0 Å². The van der Waals surface area contributed by atoms with E-state index >= 15 is 0 Å². The van der Waals surface area contributed by atoms with Crippen molar-refractivity contribution in [2.75, 3.05) is 53.2 Å². The van der Waals surface area contributed by atoms with Crippen LogP contribution in [0.15, 0.2) is 0 Å². The summed E-state index contributed by atoms with van der Waals surface area (Å²) < 4.78 is 38.2. The molecule has 1 rings (SSSR count). The summed E-state index contributed by atoms with van der Waals surface area (Å²) in [5.41, 5.74) is -1.28. The Morgan fingerprint density at radius 3 is 2.27 bits per heavy atom. The van der Waals surface area contributed by atoms with Crippen molar-refractivity contribution in [3.63, 3.8) is 0 Å². The van der Waals surface area contributed by atoms with Gasteiger partial charge < -0.3 is 9.47 Å². The molecule has 0 aromatic carbocycles. The van der Waals surface area contributed by atoms with E-state index in [0.717, 1.165) is 32.8 Å². The zero-order chi connectivity index (χ0) is 19.8. The number of ether oxygens (including phenoxy) is 2. The summed E-state index contributed by atoms with van der Waals surface area (Å²) >= 11 is 0. The first kappa shape index (κ1) is 23.5. The molecule has 0 aromatic heterocycles. The third kappa shape index (κ3) is 8.93. The fourth-order valence-electron chi connectivity index (χ4n) is 2.29. The Morgan fingerprint density at radius 1 is 1.12 bits per heavy atom. The highest BCUT2D eigenvalue weighted by molar-refractivity contribution is 7.48. The second-order valence-corrected chi connectivity index (χ2v) is 9.59. The number of hydrogen-bond acceptors (Lipinski definition) is 8. The van der Waals surface area contributed by atoms with E-state index in [1.165, 1.54) is 7.11 Å². The highest BCUT2D eigenvalue weighted by Gasteiger charge is 2.33. The van der Waals surface area contributed by atoms with Gasteiger partial charge in [-0.2, -0.15) is 0 Å². The van der Waals surface area contributed by atoms with Crippen molar-refractivity contribution in [3.8, 4) is 0 Å². The van der Waals surface area contributed by atoms with E-state index in [9.17, 15) is 9.36 Å². The van der Waals surface area contributed by atoms with E-state index in [1.807, 2.05) is 13.8 Å². The van der Waals surface area contributed by atoms with Crippen LogP contribution in [-0.2, 0) is 32.4 Å². The van der Waals surface area contributed by atoms with Crippen molar-refractivity contribution in [2.24, 2.45) is 5.41 Å². The van der Waals surface area contributed by atoms with Crippen LogP contribution < -0.4 is 0 Å². The molecule has 154 valence electrons. The molecule has 0 amide bonds. The molecule has 1 unspecified atom stereocenters. The normalized spacial score (nSPS) is 19.2. The fraction of sp³-hybridized carbons (Fsp3) is 0.941. The summed E-state index contributed by atoms with van der Waals surface area (Å²) in [5, 5.41) is 0. The molecule has 0 aliphatic carbocycles. The predicted octanol–water partition coefficient (Wildman–Crippen LogP) is 2.86. The lowest BCUT2D eigenvalue weighted by Gasteiger charge is -2.30. The van der Waals surface area contributed by atoms with Crippen molar-refractivity contribution in [2.45, 2.75) is 46.6 Å². The molecular weight excluding hydrogens is 361 g/mol. The van der Waals surface area contributed by atoms with Crippen molar-refractivity contribution >= 4 is 13.8 Å². The highest BCUT2D eigenvalue weighted by Crippen LogP contribution is 2.51. The van der Waals surface area contributed by atoms with Crippen LogP contribution in [0.1, 0.15) is 41.0 Å². The third-order valence-corrected chi connectivity index (χ3v) is 5.60. The monoisotopic (exact) mass is 395 g/mol. The van der Waals surface area contributed by atoms with Crippen molar-refractivity contribution in [1.29, 1.82) is 0 Å². The molecule has 1 heterocycles. The van der Waals surface area contributed by atoms with E-state index < -0.39 is 18.8 Å². The molecule has 0 spiro atoms. The van der Waals surface area contributed by atoms with Crippen molar-refractivity contribution in [1.82, 2.24) is 4.90 Å². The average Bonchev–Trinajstić information content (AvgIpc) is 2.56. The Hall–Kier alpha value is -0.500. The van der Waals surface area contributed by atoms with Gasteiger partial charge in [-0.05, 0) is 47.6 Å². The molecule has 0 saturated carbocycles. The van der Waals surface area contributed by atoms with Gasteiger partial charge in [0.15, 0.2) is 0 Å². The molecule has 1 aliphatic rings. The van der Waals surface area contributed by atoms with E-state index in [2.05, 4.69) is 4.90 Å². The summed E-state index contributed by atoms with van der Waals surface area (Å²) in [6.45, 7) is 13.0. The first-order valence-corrected chi connectivity index (χ1v) is 10.4. The molecule has 0 aromatic rings. The SMILES string of the molecule is COP(=O)(OCCOC(=O)C(C)(C)CCN1CCOCC1)OC(C)(C)C. The minimum Gasteiger partial charge on any atom is -0.463 e. The van der Waals surface area contributed by atoms with E-state index in [4.69, 9.17) is 23.0 Å². The van der Waals surface area contributed by atoms with E-state index in [1.54, 1.807) is 20.8 Å². The van der Waals surface area contributed by atoms with E-state index in [-0.39, 0.29) is 19.2 Å². The smallest absolute Gasteiger partial charge is 0.463 e. The first-order chi connectivity index (χ1) is 12.0. The quantitative estimate of drug-likeness (QED) is 0.317. The minimum absolute atomic E-state index is 0.0132. The fourth-order valence-corrected chi connectivity index (χ4v) is 3.50. The number of esters is 1. The summed E-state index contributed by atoms with van der Waals surface area (Å²) in [6, 6.07) is 0. The van der Waals surface area contributed by atoms with Crippen LogP contribution in [0.3, 0.4) is 0 Å². The van der Waals surface area contributed by atoms with Gasteiger partial charge in [0.1, 0.15) is 6.61 Å². The lowest BCUT2D eigenvalue weighted by Crippen LogP contribution is -2.39. The van der Waals surface area contributed by atoms with Gasteiger partial charge >= 0.3 is 13.8 Å². The van der Waals surface area contributed by atoms with Crippen LogP contribution >= 0.6 is 7.82 Å². The number of morpholine rings is 1. The van der Waals surface area contributed by atoms with Crippen LogP contribution in [0.2, 0.25) is 0 Å². The molecule has 1 atom stereocenters. The molecule has 1 aliphatic heterocycles. The van der Waals surface area contributed by atoms with Crippen LogP contribution in [-0.4, -0.2) is 69.6 Å². The Labute approximate surface area is 157 Å². The number of carbonyl (C=O) groups is 1. The number of nitrogens with zero attached hydrogens (tertiary/aromatic N) is 1. The number of carbonyl (C=O) groups excluding carboxylic acids is 1. The maximum atomic E-state index is 12.3. The van der Waals surface area contributed by atoms with Gasteiger partial charge in [-0.25, -0.2) is 4.57 Å². The van der Waals surface area contributed by atoms with Crippen LogP contribution in [0, 0.1) is 5.41 Å². The summed E-state index contributed by atoms with van der Waals surface area (Å²) in [6.07, 6.45) is 0.691. The molecule has 0 radical (unpaired) electrons. The van der Waals surface area contributed by atoms with Gasteiger partial charge in [-0.3, -0.25) is 23.3 Å². The Kier molecular flexibility index (Phi) is 9.19. The number of hydrogen-bond donors (Lipinski definition) is 0. The summed E-state index contributed by atoms with van der Waals surface area (Å²) in [7, 11) is -2.41. The Balaban J connectivity index is 2.33. The molecule has 0 bridgehead atoms. The zero-order valence-corrected chi connectivity index (χ0v) is 17.8. The van der Waals surface area contributed by atoms with Crippen LogP contribution in [0.25, 0.3) is 0 Å². The molecule has 1 saturated heterocycles. The zero-order valence-electron chi connectivity index (χ0n) is 16.9. The van der Waals surface area contributed by atoms with Crippen molar-refractivity contribution < 1.29 is 32.4 Å². The second-order valence-electron chi connectivity index (χ2n) is 7.89. The third-order valence-electron chi connectivity index (χ3n) is 3.88. The highest BCUT2D eigenvalue weighted by atomic mass is 31.2. The van der Waals surface area contributed by atoms with E-state index in [0.29, 0.717) is 6.42 Å². The number of phosphoric acid groups is 1. The summed E-state index contributed by atoms with van der Waals surface area (Å²) in [5.74, 6) is -0.307. The minimum atomic E-state index is -3.66. The second kappa shape index (κ2) is 10.2. The van der Waals surface area contributed by atoms with Crippen molar-refractivity contribution in [3.05, 3.63) is 0 Å². The molecule has 26 heavy (non-hydrogen) atoms. The number of rotatable bonds is 10. The van der Waals surface area contributed by atoms with Gasteiger partial charge in [0, 0.05) is 20.2 Å². The average molecular weight is 395 g/mol. The first-order valence-electron chi connectivity index (χ1n) is 8.96. The van der Waals surface area contributed by atoms with Gasteiger partial charge in [-0.1, -0.05) is 0 Å². The predicted molar refractivity (Wildman–Crippen MR) is 98.0 cm³/mol. The Morgan fingerprint density at radius 2 is 1.73 bits per heavy atom. The molecule has 9 heteroatoms. The van der Waals surface area contributed by atoms with Crippen LogP contribution in [0.5, 0.6) is 0 Å². The lowest BCUT2D eigenvalue weighted by atomic mass is 9.89. The maximum Gasteiger partial charge on any atom is 0.475 e.